The Morgan fingerprint density at radius 1 is 1.12 bits per heavy atom. The summed E-state index contributed by atoms with van der Waals surface area (Å²) >= 11 is 6.05. The molecule has 7 heteroatoms. The molecular formula is C26H30ClN3O3. The van der Waals surface area contributed by atoms with E-state index in [-0.39, 0.29) is 23.8 Å². The Morgan fingerprint density at radius 2 is 1.85 bits per heavy atom. The van der Waals surface area contributed by atoms with E-state index in [1.165, 1.54) is 0 Å². The molecule has 3 aromatic rings. The number of ether oxygens (including phenoxy) is 1. The van der Waals surface area contributed by atoms with Crippen LogP contribution in [-0.4, -0.2) is 40.9 Å². The van der Waals surface area contributed by atoms with Gasteiger partial charge in [0.25, 0.3) is 5.91 Å². The molecule has 4 rings (SSSR count). The van der Waals surface area contributed by atoms with Crippen LogP contribution in [0.1, 0.15) is 49.2 Å². The van der Waals surface area contributed by atoms with Crippen molar-refractivity contribution in [1.29, 1.82) is 0 Å². The van der Waals surface area contributed by atoms with Crippen molar-refractivity contribution in [3.8, 4) is 5.75 Å². The van der Waals surface area contributed by atoms with Crippen molar-refractivity contribution >= 4 is 34.3 Å². The lowest BCUT2D eigenvalue weighted by Crippen LogP contribution is -2.39. The van der Waals surface area contributed by atoms with Crippen LogP contribution < -0.4 is 10.1 Å². The largest absolute Gasteiger partial charge is 0.491 e. The zero-order valence-corrected chi connectivity index (χ0v) is 19.8. The van der Waals surface area contributed by atoms with Crippen LogP contribution in [0, 0.1) is 5.92 Å². The molecule has 0 unspecified atom stereocenters. The van der Waals surface area contributed by atoms with E-state index in [4.69, 9.17) is 16.3 Å². The molecule has 2 aromatic carbocycles. The van der Waals surface area contributed by atoms with Crippen molar-refractivity contribution in [2.45, 2.75) is 45.8 Å². The van der Waals surface area contributed by atoms with Gasteiger partial charge < -0.3 is 19.9 Å². The van der Waals surface area contributed by atoms with Gasteiger partial charge in [-0.25, -0.2) is 0 Å². The maximum Gasteiger partial charge on any atom is 0.270 e. The number of carbonyl (C=O) groups is 2. The molecule has 1 fully saturated rings. The van der Waals surface area contributed by atoms with Gasteiger partial charge in [-0.05, 0) is 74.6 Å². The van der Waals surface area contributed by atoms with E-state index in [2.05, 4.69) is 10.3 Å². The Morgan fingerprint density at radius 3 is 2.55 bits per heavy atom. The maximum atomic E-state index is 12.9. The average molecular weight is 468 g/mol. The molecule has 1 aromatic heterocycles. The highest BCUT2D eigenvalue weighted by atomic mass is 35.5. The first-order chi connectivity index (χ1) is 15.9. The first kappa shape index (κ1) is 23.2. The number of amides is 2. The lowest BCUT2D eigenvalue weighted by Gasteiger charge is -2.31. The van der Waals surface area contributed by atoms with Gasteiger partial charge in [-0.2, -0.15) is 0 Å². The van der Waals surface area contributed by atoms with Crippen molar-refractivity contribution < 1.29 is 14.3 Å². The fourth-order valence-electron chi connectivity index (χ4n) is 4.22. The summed E-state index contributed by atoms with van der Waals surface area (Å²) in [5, 5.41) is 4.59. The first-order valence-electron chi connectivity index (χ1n) is 11.5. The molecule has 2 heterocycles. The molecule has 0 radical (unpaired) electrons. The fraction of sp³-hybridized carbons (Fsp3) is 0.385. The van der Waals surface area contributed by atoms with E-state index in [9.17, 15) is 9.59 Å². The van der Waals surface area contributed by atoms with Gasteiger partial charge in [0.05, 0.1) is 6.10 Å². The van der Waals surface area contributed by atoms with Gasteiger partial charge >= 0.3 is 0 Å². The third-order valence-electron chi connectivity index (χ3n) is 5.97. The second-order valence-corrected chi connectivity index (χ2v) is 9.38. The number of benzene rings is 2. The van der Waals surface area contributed by atoms with Gasteiger partial charge in [-0.3, -0.25) is 9.59 Å². The third-order valence-corrected chi connectivity index (χ3v) is 6.21. The van der Waals surface area contributed by atoms with E-state index in [1.54, 1.807) is 0 Å². The summed E-state index contributed by atoms with van der Waals surface area (Å²) in [6.45, 7) is 5.80. The summed E-state index contributed by atoms with van der Waals surface area (Å²) in [4.78, 5) is 30.4. The van der Waals surface area contributed by atoms with E-state index in [0.717, 1.165) is 35.1 Å². The Hall–Kier alpha value is -2.99. The molecule has 0 saturated carbocycles. The van der Waals surface area contributed by atoms with Gasteiger partial charge in [0.2, 0.25) is 5.91 Å². The lowest BCUT2D eigenvalue weighted by molar-refractivity contribution is -0.122. The predicted octanol–water partition coefficient (Wildman–Crippen LogP) is 5.17. The molecular weight excluding hydrogens is 438 g/mol. The minimum Gasteiger partial charge on any atom is -0.491 e. The Bertz CT molecular complexity index is 1120. The van der Waals surface area contributed by atoms with Crippen molar-refractivity contribution in [3.05, 3.63) is 64.8 Å². The molecule has 1 aliphatic heterocycles. The fourth-order valence-corrected chi connectivity index (χ4v) is 4.40. The van der Waals surface area contributed by atoms with Crippen LogP contribution in [0.5, 0.6) is 5.75 Å². The Labute approximate surface area is 199 Å². The summed E-state index contributed by atoms with van der Waals surface area (Å²) in [6.07, 6.45) is 2.28. The van der Waals surface area contributed by atoms with Crippen molar-refractivity contribution in [2.75, 3.05) is 13.1 Å². The molecule has 0 spiro atoms. The van der Waals surface area contributed by atoms with E-state index < -0.39 is 0 Å². The second kappa shape index (κ2) is 10.3. The van der Waals surface area contributed by atoms with Gasteiger partial charge in [0, 0.05) is 42.0 Å². The Balaban J connectivity index is 1.22. The Kier molecular flexibility index (Phi) is 7.23. The SMILES string of the molecule is CC(C)Oc1ccc(CNC(=O)CC2CCN(C(=O)c3cc4cc(Cl)ccc4[nH]3)CC2)cc1. The zero-order chi connectivity index (χ0) is 23.4. The number of H-pyrrole nitrogens is 1. The molecule has 6 nitrogen and oxygen atoms in total. The van der Waals surface area contributed by atoms with Crippen molar-refractivity contribution in [3.63, 3.8) is 0 Å². The number of rotatable bonds is 7. The number of likely N-dealkylation sites (tertiary alicyclic amines) is 1. The van der Waals surface area contributed by atoms with E-state index >= 15 is 0 Å². The number of nitrogens with one attached hydrogen (secondary N) is 2. The van der Waals surface area contributed by atoms with Crippen LogP contribution in [-0.2, 0) is 11.3 Å². The molecule has 1 aliphatic rings. The van der Waals surface area contributed by atoms with Crippen molar-refractivity contribution in [1.82, 2.24) is 15.2 Å². The van der Waals surface area contributed by atoms with Gasteiger partial charge in [0.1, 0.15) is 11.4 Å². The summed E-state index contributed by atoms with van der Waals surface area (Å²) < 4.78 is 5.65. The number of aromatic nitrogens is 1. The normalized spacial score (nSPS) is 14.6. The van der Waals surface area contributed by atoms with Gasteiger partial charge in [0.15, 0.2) is 0 Å². The first-order valence-corrected chi connectivity index (χ1v) is 11.8. The van der Waals surface area contributed by atoms with Crippen LogP contribution >= 0.6 is 11.6 Å². The lowest BCUT2D eigenvalue weighted by atomic mass is 9.93. The van der Waals surface area contributed by atoms with Crippen LogP contribution in [0.3, 0.4) is 0 Å². The standard InChI is InChI=1S/C26H30ClN3O3/c1-17(2)33-22-6-3-19(4-7-22)16-28-25(31)13-18-9-11-30(12-10-18)26(32)24-15-20-14-21(27)5-8-23(20)29-24/h3-8,14-15,17-18,29H,9-13,16H2,1-2H3,(H,28,31). The van der Waals surface area contributed by atoms with E-state index in [1.807, 2.05) is 67.3 Å². The van der Waals surface area contributed by atoms with Gasteiger partial charge in [-0.1, -0.05) is 23.7 Å². The van der Waals surface area contributed by atoms with Crippen LogP contribution in [0.15, 0.2) is 48.5 Å². The molecule has 0 aliphatic carbocycles. The van der Waals surface area contributed by atoms with Crippen molar-refractivity contribution in [2.24, 2.45) is 5.92 Å². The van der Waals surface area contributed by atoms with Crippen LogP contribution in [0.25, 0.3) is 10.9 Å². The highest BCUT2D eigenvalue weighted by Crippen LogP contribution is 2.24. The molecule has 1 saturated heterocycles. The summed E-state index contributed by atoms with van der Waals surface area (Å²) in [5.74, 6) is 1.17. The predicted molar refractivity (Wildman–Crippen MR) is 131 cm³/mol. The zero-order valence-electron chi connectivity index (χ0n) is 19.1. The van der Waals surface area contributed by atoms with Gasteiger partial charge in [-0.15, -0.1) is 0 Å². The van der Waals surface area contributed by atoms with Crippen LogP contribution in [0.4, 0.5) is 0 Å². The molecule has 2 amide bonds. The summed E-state index contributed by atoms with van der Waals surface area (Å²) in [6, 6.07) is 15.2. The minimum absolute atomic E-state index is 0.00452. The smallest absolute Gasteiger partial charge is 0.270 e. The number of hydrogen-bond donors (Lipinski definition) is 2. The number of carbonyl (C=O) groups excluding carboxylic acids is 2. The number of fused-ring (bicyclic) bond motifs is 1. The molecule has 0 bridgehead atoms. The highest BCUT2D eigenvalue weighted by Gasteiger charge is 2.26. The number of nitrogens with zero attached hydrogens (tertiary/aromatic N) is 1. The highest BCUT2D eigenvalue weighted by molar-refractivity contribution is 6.31. The summed E-state index contributed by atoms with van der Waals surface area (Å²) in [7, 11) is 0. The number of piperidine rings is 1. The molecule has 2 N–H and O–H groups in total. The summed E-state index contributed by atoms with van der Waals surface area (Å²) in [5.41, 5.74) is 2.52. The quantitative estimate of drug-likeness (QED) is 0.503. The monoisotopic (exact) mass is 467 g/mol. The van der Waals surface area contributed by atoms with E-state index in [0.29, 0.717) is 36.8 Å². The number of aromatic amines is 1. The second-order valence-electron chi connectivity index (χ2n) is 8.94. The average Bonchev–Trinajstić information content (AvgIpc) is 3.21. The number of halogens is 1. The number of hydrogen-bond acceptors (Lipinski definition) is 3. The molecule has 0 atom stereocenters. The maximum absolute atomic E-state index is 12.9. The third kappa shape index (κ3) is 6.08. The van der Waals surface area contributed by atoms with Crippen LogP contribution in [0.2, 0.25) is 5.02 Å². The topological polar surface area (TPSA) is 74.4 Å². The minimum atomic E-state index is -0.00452. The molecule has 33 heavy (non-hydrogen) atoms. The molecule has 174 valence electrons.